The lowest BCUT2D eigenvalue weighted by molar-refractivity contribution is -0.125. The Balaban J connectivity index is 1.58. The molecule has 118 valence electrons. The molecule has 3 rings (SSSR count). The van der Waals surface area contributed by atoms with Crippen molar-refractivity contribution in [3.05, 3.63) is 35.9 Å². The predicted octanol–water partition coefficient (Wildman–Crippen LogP) is 0.830. The Morgan fingerprint density at radius 3 is 2.68 bits per heavy atom. The molecule has 1 heterocycles. The van der Waals surface area contributed by atoms with Crippen LogP contribution in [-0.2, 0) is 11.2 Å². The second kappa shape index (κ2) is 5.96. The summed E-state index contributed by atoms with van der Waals surface area (Å²) in [6.45, 7) is 1.15. The van der Waals surface area contributed by atoms with Crippen LogP contribution in [-0.4, -0.2) is 53.2 Å². The van der Waals surface area contributed by atoms with Crippen molar-refractivity contribution in [3.63, 3.8) is 0 Å². The molecule has 1 atom stereocenters. The Morgan fingerprint density at radius 2 is 2.05 bits per heavy atom. The molecule has 0 spiro atoms. The zero-order chi connectivity index (χ0) is 15.6. The van der Waals surface area contributed by atoms with Crippen LogP contribution in [0.25, 0.3) is 0 Å². The highest BCUT2D eigenvalue weighted by atomic mass is 16.4. The zero-order valence-electron chi connectivity index (χ0n) is 12.4. The van der Waals surface area contributed by atoms with E-state index >= 15 is 0 Å². The van der Waals surface area contributed by atoms with Crippen LogP contribution in [0.4, 0.5) is 4.79 Å². The van der Waals surface area contributed by atoms with Gasteiger partial charge in [-0.25, -0.2) is 4.79 Å². The Hall–Kier alpha value is -2.08. The third-order valence-corrected chi connectivity index (χ3v) is 4.39. The number of rotatable bonds is 4. The average molecular weight is 303 g/mol. The van der Waals surface area contributed by atoms with Crippen LogP contribution in [0, 0.1) is 0 Å². The van der Waals surface area contributed by atoms with Crippen molar-refractivity contribution in [2.24, 2.45) is 0 Å². The topological polar surface area (TPSA) is 81.7 Å². The maximum Gasteiger partial charge on any atom is 0.407 e. The van der Waals surface area contributed by atoms with Crippen LogP contribution >= 0.6 is 0 Å². The van der Waals surface area contributed by atoms with Gasteiger partial charge >= 0.3 is 6.09 Å². The summed E-state index contributed by atoms with van der Waals surface area (Å²) < 4.78 is 0. The molecule has 6 heteroatoms. The van der Waals surface area contributed by atoms with Crippen molar-refractivity contribution in [2.45, 2.75) is 30.8 Å². The van der Waals surface area contributed by atoms with Gasteiger partial charge in [-0.05, 0) is 24.8 Å². The monoisotopic (exact) mass is 303 g/mol. The standard InChI is InChI=1S/C16H21N3O3/c20-14(13-11-19(15(21)22)9-8-17-13)18-16(6-7-16)10-12-4-2-1-3-5-12/h1-5,13,17H,6-11H2,(H,18,20)(H,21,22). The molecular weight excluding hydrogens is 282 g/mol. The molecule has 1 aromatic carbocycles. The lowest BCUT2D eigenvalue weighted by Crippen LogP contribution is -2.59. The fraction of sp³-hybridized carbons (Fsp3) is 0.500. The fourth-order valence-electron chi connectivity index (χ4n) is 2.93. The normalized spacial score (nSPS) is 22.9. The SMILES string of the molecule is O=C(NC1(Cc2ccccc2)CC1)C1CN(C(=O)O)CCN1. The third-order valence-electron chi connectivity index (χ3n) is 4.39. The Labute approximate surface area is 129 Å². The van der Waals surface area contributed by atoms with E-state index < -0.39 is 12.1 Å². The summed E-state index contributed by atoms with van der Waals surface area (Å²) in [6, 6.07) is 9.65. The van der Waals surface area contributed by atoms with Crippen molar-refractivity contribution in [3.8, 4) is 0 Å². The number of nitrogens with one attached hydrogen (secondary N) is 2. The molecule has 2 aliphatic rings. The van der Waals surface area contributed by atoms with Gasteiger partial charge in [0.1, 0.15) is 6.04 Å². The predicted molar refractivity (Wildman–Crippen MR) is 81.6 cm³/mol. The molecule has 0 radical (unpaired) electrons. The summed E-state index contributed by atoms with van der Waals surface area (Å²) >= 11 is 0. The number of carbonyl (C=O) groups is 2. The van der Waals surface area contributed by atoms with Gasteiger partial charge in [-0.3, -0.25) is 4.79 Å². The Morgan fingerprint density at radius 1 is 1.32 bits per heavy atom. The van der Waals surface area contributed by atoms with E-state index in [1.54, 1.807) is 0 Å². The van der Waals surface area contributed by atoms with Crippen molar-refractivity contribution < 1.29 is 14.7 Å². The van der Waals surface area contributed by atoms with E-state index in [0.717, 1.165) is 19.3 Å². The number of nitrogens with zero attached hydrogens (tertiary/aromatic N) is 1. The second-order valence-electron chi connectivity index (χ2n) is 6.17. The number of amides is 2. The lowest BCUT2D eigenvalue weighted by Gasteiger charge is -2.32. The minimum absolute atomic E-state index is 0.0978. The summed E-state index contributed by atoms with van der Waals surface area (Å²) in [7, 11) is 0. The average Bonchev–Trinajstić information content (AvgIpc) is 3.27. The highest BCUT2D eigenvalue weighted by Crippen LogP contribution is 2.38. The molecule has 2 amide bonds. The van der Waals surface area contributed by atoms with Crippen LogP contribution in [0.15, 0.2) is 30.3 Å². The molecule has 3 N–H and O–H groups in total. The van der Waals surface area contributed by atoms with Crippen molar-refractivity contribution in [1.29, 1.82) is 0 Å². The minimum Gasteiger partial charge on any atom is -0.465 e. The first-order valence-electron chi connectivity index (χ1n) is 7.65. The molecule has 22 heavy (non-hydrogen) atoms. The molecular formula is C16H21N3O3. The minimum atomic E-state index is -0.968. The van der Waals surface area contributed by atoms with Crippen LogP contribution in [0.2, 0.25) is 0 Å². The van der Waals surface area contributed by atoms with E-state index in [1.165, 1.54) is 10.5 Å². The quantitative estimate of drug-likeness (QED) is 0.769. The molecule has 1 saturated heterocycles. The summed E-state index contributed by atoms with van der Waals surface area (Å²) in [5, 5.41) is 15.3. The third kappa shape index (κ3) is 3.39. The highest BCUT2D eigenvalue weighted by Gasteiger charge is 2.45. The van der Waals surface area contributed by atoms with Gasteiger partial charge in [0.05, 0.1) is 0 Å². The van der Waals surface area contributed by atoms with E-state index in [-0.39, 0.29) is 18.0 Å². The van der Waals surface area contributed by atoms with Crippen LogP contribution in [0.3, 0.4) is 0 Å². The zero-order valence-corrected chi connectivity index (χ0v) is 12.4. The van der Waals surface area contributed by atoms with Gasteiger partial charge in [0, 0.05) is 25.2 Å². The van der Waals surface area contributed by atoms with Crippen LogP contribution in [0.5, 0.6) is 0 Å². The van der Waals surface area contributed by atoms with E-state index in [4.69, 9.17) is 5.11 Å². The molecule has 1 saturated carbocycles. The highest BCUT2D eigenvalue weighted by molar-refractivity contribution is 5.84. The molecule has 6 nitrogen and oxygen atoms in total. The number of hydrogen-bond donors (Lipinski definition) is 3. The first-order chi connectivity index (χ1) is 10.6. The summed E-state index contributed by atoms with van der Waals surface area (Å²) in [6.07, 6.45) is 1.81. The summed E-state index contributed by atoms with van der Waals surface area (Å²) in [4.78, 5) is 24.7. The van der Waals surface area contributed by atoms with E-state index in [9.17, 15) is 9.59 Å². The van der Waals surface area contributed by atoms with Gasteiger partial charge < -0.3 is 20.6 Å². The maximum absolute atomic E-state index is 12.4. The summed E-state index contributed by atoms with van der Waals surface area (Å²) in [5.41, 5.74) is 1.06. The van der Waals surface area contributed by atoms with E-state index in [0.29, 0.717) is 13.1 Å². The van der Waals surface area contributed by atoms with E-state index in [1.807, 2.05) is 18.2 Å². The smallest absolute Gasteiger partial charge is 0.407 e. The van der Waals surface area contributed by atoms with Crippen LogP contribution < -0.4 is 10.6 Å². The molecule has 0 bridgehead atoms. The Bertz CT molecular complexity index is 557. The molecule has 1 aromatic rings. The first-order valence-corrected chi connectivity index (χ1v) is 7.65. The van der Waals surface area contributed by atoms with Crippen LogP contribution in [0.1, 0.15) is 18.4 Å². The fourth-order valence-corrected chi connectivity index (χ4v) is 2.93. The molecule has 2 fully saturated rings. The number of hydrogen-bond acceptors (Lipinski definition) is 3. The summed E-state index contributed by atoms with van der Waals surface area (Å²) in [5.74, 6) is -0.0978. The largest absolute Gasteiger partial charge is 0.465 e. The molecule has 1 unspecified atom stereocenters. The molecule has 0 aromatic heterocycles. The Kier molecular flexibility index (Phi) is 4.02. The lowest BCUT2D eigenvalue weighted by atomic mass is 10.0. The number of piperazine rings is 1. The molecule has 1 aliphatic carbocycles. The van der Waals surface area contributed by atoms with Gasteiger partial charge in [0.2, 0.25) is 5.91 Å². The second-order valence-corrected chi connectivity index (χ2v) is 6.17. The van der Waals surface area contributed by atoms with Gasteiger partial charge in [-0.1, -0.05) is 30.3 Å². The molecule has 1 aliphatic heterocycles. The maximum atomic E-state index is 12.4. The van der Waals surface area contributed by atoms with Gasteiger partial charge in [-0.15, -0.1) is 0 Å². The van der Waals surface area contributed by atoms with Gasteiger partial charge in [0.15, 0.2) is 0 Å². The van der Waals surface area contributed by atoms with E-state index in [2.05, 4.69) is 22.8 Å². The van der Waals surface area contributed by atoms with Gasteiger partial charge in [0.25, 0.3) is 0 Å². The number of carbonyl (C=O) groups excluding carboxylic acids is 1. The van der Waals surface area contributed by atoms with Gasteiger partial charge in [-0.2, -0.15) is 0 Å². The number of carboxylic acid groups (broad SMARTS) is 1. The van der Waals surface area contributed by atoms with Crippen molar-refractivity contribution in [2.75, 3.05) is 19.6 Å². The number of benzene rings is 1. The van der Waals surface area contributed by atoms with Crippen molar-refractivity contribution >= 4 is 12.0 Å². The first kappa shape index (κ1) is 14.8. The van der Waals surface area contributed by atoms with Crippen molar-refractivity contribution in [1.82, 2.24) is 15.5 Å².